The molecule has 1 aromatic heterocycles. The Labute approximate surface area is 198 Å². The van der Waals surface area contributed by atoms with Crippen LogP contribution >= 0.6 is 11.6 Å². The average Bonchev–Trinajstić information content (AvgIpc) is 3.12. The monoisotopic (exact) mass is 486 g/mol. The number of aromatic nitrogens is 2. The number of rotatable bonds is 5. The summed E-state index contributed by atoms with van der Waals surface area (Å²) in [5, 5.41) is 6.85. The molecule has 1 aliphatic rings. The van der Waals surface area contributed by atoms with E-state index < -0.39 is 12.3 Å². The summed E-state index contributed by atoms with van der Waals surface area (Å²) in [4.78, 5) is 0. The molecule has 34 heavy (non-hydrogen) atoms. The van der Waals surface area contributed by atoms with Crippen molar-refractivity contribution in [2.45, 2.75) is 25.6 Å². The second-order valence-electron chi connectivity index (χ2n) is 8.24. The van der Waals surface area contributed by atoms with Crippen molar-refractivity contribution in [2.24, 2.45) is 5.92 Å². The number of ether oxygens (including phenoxy) is 1. The first-order valence-electron chi connectivity index (χ1n) is 10.8. The number of halogens is 5. The Morgan fingerprint density at radius 3 is 2.38 bits per heavy atom. The first kappa shape index (κ1) is 22.5. The molecule has 1 fully saturated rings. The van der Waals surface area contributed by atoms with Gasteiger partial charge >= 0.3 is 6.36 Å². The van der Waals surface area contributed by atoms with Crippen molar-refractivity contribution in [3.8, 4) is 5.75 Å². The van der Waals surface area contributed by atoms with Gasteiger partial charge in [0.2, 0.25) is 5.95 Å². The molecule has 1 N–H and O–H groups in total. The van der Waals surface area contributed by atoms with Gasteiger partial charge in [0.15, 0.2) is 0 Å². The van der Waals surface area contributed by atoms with Gasteiger partial charge in [-0.25, -0.2) is 0 Å². The van der Waals surface area contributed by atoms with Gasteiger partial charge in [0.25, 0.3) is 0 Å². The number of aromatic amines is 1. The average molecular weight is 487 g/mol. The molecule has 3 aromatic carbocycles. The molecule has 4 aromatic rings. The molecule has 3 nitrogen and oxygen atoms in total. The SMILES string of the molecule is Fc1[nH]nc2ccc(/C(=C(/c3ccc(OC(F)(F)F)cc3Cl)C3CCC3)c3ccccc3)cc12. The van der Waals surface area contributed by atoms with Crippen molar-refractivity contribution >= 4 is 33.7 Å². The van der Waals surface area contributed by atoms with E-state index in [1.165, 1.54) is 12.1 Å². The minimum absolute atomic E-state index is 0.159. The maximum absolute atomic E-state index is 14.3. The topological polar surface area (TPSA) is 37.9 Å². The number of alkyl halides is 3. The lowest BCUT2D eigenvalue weighted by atomic mass is 9.73. The van der Waals surface area contributed by atoms with E-state index in [0.29, 0.717) is 16.5 Å². The van der Waals surface area contributed by atoms with Gasteiger partial charge in [0, 0.05) is 0 Å². The molecule has 5 rings (SSSR count). The Hall–Kier alpha value is -3.32. The van der Waals surface area contributed by atoms with E-state index >= 15 is 0 Å². The number of benzene rings is 3. The van der Waals surface area contributed by atoms with E-state index in [-0.39, 0.29) is 16.7 Å². The summed E-state index contributed by atoms with van der Waals surface area (Å²) in [6.07, 6.45) is -1.93. The minimum Gasteiger partial charge on any atom is -0.406 e. The zero-order valence-electron chi connectivity index (χ0n) is 17.8. The van der Waals surface area contributed by atoms with Crippen molar-refractivity contribution in [1.82, 2.24) is 10.2 Å². The predicted molar refractivity (Wildman–Crippen MR) is 124 cm³/mol. The lowest BCUT2D eigenvalue weighted by Crippen LogP contribution is -2.17. The van der Waals surface area contributed by atoms with Gasteiger partial charge in [-0.2, -0.15) is 9.49 Å². The molecule has 8 heteroatoms. The van der Waals surface area contributed by atoms with Crippen molar-refractivity contribution < 1.29 is 22.3 Å². The van der Waals surface area contributed by atoms with Crippen LogP contribution in [0.3, 0.4) is 0 Å². The third kappa shape index (κ3) is 4.40. The van der Waals surface area contributed by atoms with Crippen LogP contribution in [0.15, 0.2) is 66.7 Å². The van der Waals surface area contributed by atoms with E-state index in [0.717, 1.165) is 41.5 Å². The lowest BCUT2D eigenvalue weighted by molar-refractivity contribution is -0.274. The van der Waals surface area contributed by atoms with Crippen molar-refractivity contribution in [3.05, 3.63) is 94.4 Å². The second-order valence-corrected chi connectivity index (χ2v) is 8.65. The highest BCUT2D eigenvalue weighted by Crippen LogP contribution is 2.47. The summed E-state index contributed by atoms with van der Waals surface area (Å²) >= 11 is 6.54. The molecule has 0 amide bonds. The Bertz CT molecular complexity index is 1370. The number of hydrogen-bond donors (Lipinski definition) is 1. The third-order valence-electron chi connectivity index (χ3n) is 6.11. The van der Waals surface area contributed by atoms with Crippen LogP contribution in [-0.4, -0.2) is 16.6 Å². The number of hydrogen-bond acceptors (Lipinski definition) is 2. The molecule has 0 atom stereocenters. The Kier molecular flexibility index (Phi) is 5.81. The van der Waals surface area contributed by atoms with Crippen LogP contribution < -0.4 is 4.74 Å². The van der Waals surface area contributed by atoms with E-state index in [4.69, 9.17) is 11.6 Å². The highest BCUT2D eigenvalue weighted by atomic mass is 35.5. The predicted octanol–water partition coefficient (Wildman–Crippen LogP) is 8.01. The Balaban J connectivity index is 1.75. The minimum atomic E-state index is -4.81. The number of nitrogens with one attached hydrogen (secondary N) is 1. The fourth-order valence-electron chi connectivity index (χ4n) is 4.38. The molecular weight excluding hydrogens is 468 g/mol. The van der Waals surface area contributed by atoms with E-state index in [2.05, 4.69) is 14.9 Å². The first-order valence-corrected chi connectivity index (χ1v) is 11.2. The summed E-state index contributed by atoms with van der Waals surface area (Å²) in [6.45, 7) is 0. The third-order valence-corrected chi connectivity index (χ3v) is 6.42. The zero-order valence-corrected chi connectivity index (χ0v) is 18.6. The van der Waals surface area contributed by atoms with Crippen LogP contribution in [-0.2, 0) is 0 Å². The number of H-pyrrole nitrogens is 1. The highest BCUT2D eigenvalue weighted by molar-refractivity contribution is 6.33. The van der Waals surface area contributed by atoms with Crippen molar-refractivity contribution in [2.75, 3.05) is 0 Å². The van der Waals surface area contributed by atoms with Gasteiger partial charge in [0.05, 0.1) is 15.9 Å². The second kappa shape index (κ2) is 8.80. The summed E-state index contributed by atoms with van der Waals surface area (Å²) in [6, 6.07) is 19.0. The quantitative estimate of drug-likeness (QED) is 0.229. The molecule has 0 bridgehead atoms. The number of allylic oxidation sites excluding steroid dienone is 1. The molecule has 0 aliphatic heterocycles. The van der Waals surface area contributed by atoms with Gasteiger partial charge in [-0.3, -0.25) is 5.10 Å². The largest absolute Gasteiger partial charge is 0.573 e. The highest BCUT2D eigenvalue weighted by Gasteiger charge is 2.32. The molecule has 1 heterocycles. The molecule has 1 aliphatic carbocycles. The van der Waals surface area contributed by atoms with Crippen LogP contribution in [0, 0.1) is 11.9 Å². The van der Waals surface area contributed by atoms with Crippen LogP contribution in [0.5, 0.6) is 5.75 Å². The molecule has 0 radical (unpaired) electrons. The smallest absolute Gasteiger partial charge is 0.406 e. The number of nitrogens with zero attached hydrogens (tertiary/aromatic N) is 1. The van der Waals surface area contributed by atoms with Gasteiger partial charge in [-0.1, -0.05) is 54.4 Å². The summed E-state index contributed by atoms with van der Waals surface area (Å²) in [7, 11) is 0. The fraction of sp³-hybridized carbons (Fsp3) is 0.192. The fourth-order valence-corrected chi connectivity index (χ4v) is 4.66. The molecular formula is C26H19ClF4N2O. The standard InChI is InChI=1S/C26H19ClF4N2O/c27-21-14-18(34-26(29,30)31)10-11-19(21)24(16-7-4-8-16)23(15-5-2-1-3-6-15)17-9-12-22-20(13-17)25(28)33-32-22/h1-3,5-6,9-14,16H,4,7-8H2,(H,32,33)/b24-23+. The molecule has 1 saturated carbocycles. The van der Waals surface area contributed by atoms with Crippen LogP contribution in [0.25, 0.3) is 22.0 Å². The maximum Gasteiger partial charge on any atom is 0.573 e. The summed E-state index contributed by atoms with van der Waals surface area (Å²) < 4.78 is 56.5. The van der Waals surface area contributed by atoms with E-state index in [1.807, 2.05) is 36.4 Å². The van der Waals surface area contributed by atoms with Gasteiger partial charge in [-0.15, -0.1) is 13.2 Å². The van der Waals surface area contributed by atoms with Gasteiger partial charge in [0.1, 0.15) is 5.75 Å². The zero-order chi connectivity index (χ0) is 23.9. The molecule has 0 saturated heterocycles. The van der Waals surface area contributed by atoms with Crippen molar-refractivity contribution in [3.63, 3.8) is 0 Å². The molecule has 174 valence electrons. The molecule has 0 spiro atoms. The molecule has 0 unspecified atom stereocenters. The van der Waals surface area contributed by atoms with E-state index in [9.17, 15) is 17.6 Å². The van der Waals surface area contributed by atoms with Gasteiger partial charge < -0.3 is 4.74 Å². The van der Waals surface area contributed by atoms with Crippen molar-refractivity contribution in [1.29, 1.82) is 0 Å². The normalized spacial score (nSPS) is 15.2. The van der Waals surface area contributed by atoms with Gasteiger partial charge in [-0.05, 0) is 76.9 Å². The van der Waals surface area contributed by atoms with Crippen LogP contribution in [0.4, 0.5) is 17.6 Å². The van der Waals surface area contributed by atoms with Crippen LogP contribution in [0.1, 0.15) is 36.0 Å². The summed E-state index contributed by atoms with van der Waals surface area (Å²) in [5.41, 5.74) is 4.59. The Morgan fingerprint density at radius 1 is 0.971 bits per heavy atom. The first-order chi connectivity index (χ1) is 16.3. The number of fused-ring (bicyclic) bond motifs is 1. The summed E-state index contributed by atoms with van der Waals surface area (Å²) in [5.74, 6) is -0.745. The van der Waals surface area contributed by atoms with Crippen LogP contribution in [0.2, 0.25) is 5.02 Å². The Morgan fingerprint density at radius 2 is 1.74 bits per heavy atom. The lowest BCUT2D eigenvalue weighted by Gasteiger charge is -2.32. The van der Waals surface area contributed by atoms with E-state index in [1.54, 1.807) is 18.2 Å². The maximum atomic E-state index is 14.3.